The van der Waals surface area contributed by atoms with Crippen molar-refractivity contribution in [2.45, 2.75) is 24.6 Å². The molecule has 1 saturated heterocycles. The van der Waals surface area contributed by atoms with E-state index < -0.39 is 48.5 Å². The second kappa shape index (κ2) is 13.4. The van der Waals surface area contributed by atoms with Crippen LogP contribution in [-0.4, -0.2) is 55.1 Å². The van der Waals surface area contributed by atoms with Crippen molar-refractivity contribution in [1.29, 1.82) is 0 Å². The smallest absolute Gasteiger partial charge is 0.340 e. The van der Waals surface area contributed by atoms with Crippen molar-refractivity contribution in [2.75, 3.05) is 6.61 Å². The number of carbonyl (C=O) groups excluding carboxylic acids is 4. The van der Waals surface area contributed by atoms with Crippen molar-refractivity contribution in [3.63, 3.8) is 0 Å². The first-order chi connectivity index (χ1) is 20.5. The lowest BCUT2D eigenvalue weighted by molar-refractivity contribution is -0.141. The highest BCUT2D eigenvalue weighted by molar-refractivity contribution is 5.91. The van der Waals surface area contributed by atoms with Gasteiger partial charge in [-0.25, -0.2) is 19.2 Å². The van der Waals surface area contributed by atoms with Crippen molar-refractivity contribution in [3.05, 3.63) is 144 Å². The lowest BCUT2D eigenvalue weighted by atomic mass is 10.1. The van der Waals surface area contributed by atoms with Crippen LogP contribution in [0.1, 0.15) is 41.4 Å². The molecule has 0 aromatic heterocycles. The maximum absolute atomic E-state index is 13.1. The molecule has 0 amide bonds. The van der Waals surface area contributed by atoms with Crippen LogP contribution in [0.3, 0.4) is 0 Å². The van der Waals surface area contributed by atoms with E-state index in [1.807, 2.05) is 0 Å². The van der Waals surface area contributed by atoms with E-state index in [9.17, 15) is 19.2 Å². The number of ether oxygens (including phenoxy) is 5. The predicted molar refractivity (Wildman–Crippen MR) is 149 cm³/mol. The summed E-state index contributed by atoms with van der Waals surface area (Å²) in [6.45, 7) is -0.390. The Hall–Kier alpha value is -5.28. The average Bonchev–Trinajstić information content (AvgIpc) is 3.35. The van der Waals surface area contributed by atoms with Crippen LogP contribution in [0, 0.1) is 0 Å². The zero-order valence-electron chi connectivity index (χ0n) is 22.2. The van der Waals surface area contributed by atoms with Gasteiger partial charge in [0.15, 0.2) is 6.10 Å². The maximum atomic E-state index is 13.1. The SMILES string of the molecule is O=C(OC[C@@H]1O[C@H](OC(=O)c2ccccc2)[C@@H](OC(=O)c2ccccc2)[C@H]1OC(=O)c1ccccc1)c1ccccc1. The van der Waals surface area contributed by atoms with Crippen LogP contribution in [0.4, 0.5) is 0 Å². The van der Waals surface area contributed by atoms with Crippen molar-refractivity contribution in [1.82, 2.24) is 0 Å². The summed E-state index contributed by atoms with van der Waals surface area (Å²) in [4.78, 5) is 51.9. The van der Waals surface area contributed by atoms with Crippen LogP contribution in [0.2, 0.25) is 0 Å². The fourth-order valence-corrected chi connectivity index (χ4v) is 4.28. The molecule has 0 aliphatic carbocycles. The lowest BCUT2D eigenvalue weighted by Gasteiger charge is -2.24. The molecule has 1 aliphatic rings. The number of hydrogen-bond donors (Lipinski definition) is 0. The minimum atomic E-state index is -1.49. The Balaban J connectivity index is 1.43. The minimum absolute atomic E-state index is 0.220. The Kier molecular flexibility index (Phi) is 9.00. The summed E-state index contributed by atoms with van der Waals surface area (Å²) < 4.78 is 28.6. The van der Waals surface area contributed by atoms with Gasteiger partial charge < -0.3 is 23.7 Å². The van der Waals surface area contributed by atoms with Crippen molar-refractivity contribution >= 4 is 23.9 Å². The molecule has 1 heterocycles. The van der Waals surface area contributed by atoms with Crippen molar-refractivity contribution in [2.24, 2.45) is 0 Å². The fraction of sp³-hybridized carbons (Fsp3) is 0.152. The summed E-state index contributed by atoms with van der Waals surface area (Å²) in [5, 5.41) is 0. The summed E-state index contributed by atoms with van der Waals surface area (Å²) in [6, 6.07) is 32.8. The first-order valence-electron chi connectivity index (χ1n) is 13.2. The molecule has 0 unspecified atom stereocenters. The molecular weight excluding hydrogens is 540 g/mol. The van der Waals surface area contributed by atoms with Crippen molar-refractivity contribution < 1.29 is 42.9 Å². The monoisotopic (exact) mass is 566 g/mol. The molecule has 1 aliphatic heterocycles. The molecule has 0 bridgehead atoms. The highest BCUT2D eigenvalue weighted by atomic mass is 16.8. The lowest BCUT2D eigenvalue weighted by Crippen LogP contribution is -2.42. The zero-order chi connectivity index (χ0) is 29.3. The van der Waals surface area contributed by atoms with Gasteiger partial charge >= 0.3 is 23.9 Å². The van der Waals surface area contributed by atoms with Crippen LogP contribution < -0.4 is 0 Å². The Morgan fingerprint density at radius 2 is 0.833 bits per heavy atom. The summed E-state index contributed by atoms with van der Waals surface area (Å²) in [7, 11) is 0. The van der Waals surface area contributed by atoms with Gasteiger partial charge in [-0.15, -0.1) is 0 Å². The molecule has 1 fully saturated rings. The van der Waals surface area contributed by atoms with Gasteiger partial charge in [0.25, 0.3) is 0 Å². The van der Waals surface area contributed by atoms with E-state index in [-0.39, 0.29) is 23.3 Å². The molecule has 0 N–H and O–H groups in total. The van der Waals surface area contributed by atoms with Gasteiger partial charge in [0.1, 0.15) is 12.7 Å². The highest BCUT2D eigenvalue weighted by Gasteiger charge is 2.52. The van der Waals surface area contributed by atoms with E-state index in [1.54, 1.807) is 121 Å². The quantitative estimate of drug-likeness (QED) is 0.207. The van der Waals surface area contributed by atoms with Gasteiger partial charge in [-0.05, 0) is 48.5 Å². The second-order valence-corrected chi connectivity index (χ2v) is 9.25. The van der Waals surface area contributed by atoms with Crippen LogP contribution >= 0.6 is 0 Å². The Morgan fingerprint density at radius 1 is 0.476 bits per heavy atom. The van der Waals surface area contributed by atoms with E-state index in [4.69, 9.17) is 23.7 Å². The summed E-state index contributed by atoms with van der Waals surface area (Å²) in [5.74, 6) is -2.89. The van der Waals surface area contributed by atoms with E-state index in [0.29, 0.717) is 5.56 Å². The second-order valence-electron chi connectivity index (χ2n) is 9.25. The number of esters is 4. The normalized spacial score (nSPS) is 19.3. The zero-order valence-corrected chi connectivity index (χ0v) is 22.2. The Labute approximate surface area is 241 Å². The predicted octanol–water partition coefficient (Wildman–Crippen LogP) is 4.88. The molecule has 4 atom stereocenters. The number of rotatable bonds is 9. The molecule has 0 radical (unpaired) electrons. The molecule has 0 spiro atoms. The molecule has 5 rings (SSSR count). The maximum Gasteiger partial charge on any atom is 0.340 e. The van der Waals surface area contributed by atoms with Gasteiger partial charge in [0.05, 0.1) is 22.3 Å². The standard InChI is InChI=1S/C33H26O9/c34-29(22-13-5-1-6-14-22)38-21-26-27(40-30(35)23-15-7-2-8-16-23)28(41-31(36)24-17-9-3-10-18-24)33(39-26)42-32(37)25-19-11-4-12-20-25/h1-20,26-28,33H,21H2/t26-,27-,28-,33+/m0/s1. The van der Waals surface area contributed by atoms with Crippen LogP contribution in [-0.2, 0) is 23.7 Å². The number of benzene rings is 4. The number of carbonyl (C=O) groups is 4. The summed E-state index contributed by atoms with van der Waals surface area (Å²) >= 11 is 0. The minimum Gasteiger partial charge on any atom is -0.459 e. The Morgan fingerprint density at radius 3 is 1.26 bits per heavy atom. The molecule has 42 heavy (non-hydrogen) atoms. The molecule has 9 heteroatoms. The molecule has 0 saturated carbocycles. The summed E-state index contributed by atoms with van der Waals surface area (Å²) in [5.41, 5.74) is 0.978. The van der Waals surface area contributed by atoms with Crippen molar-refractivity contribution in [3.8, 4) is 0 Å². The first-order valence-corrected chi connectivity index (χ1v) is 13.2. The van der Waals surface area contributed by atoms with Gasteiger partial charge in [-0.2, -0.15) is 0 Å². The highest BCUT2D eigenvalue weighted by Crippen LogP contribution is 2.30. The third-order valence-electron chi connectivity index (χ3n) is 6.39. The van der Waals surface area contributed by atoms with Crippen LogP contribution in [0.15, 0.2) is 121 Å². The third kappa shape index (κ3) is 6.89. The largest absolute Gasteiger partial charge is 0.459 e. The van der Waals surface area contributed by atoms with Gasteiger partial charge in [0.2, 0.25) is 12.4 Å². The molecule has 4 aromatic carbocycles. The van der Waals surface area contributed by atoms with Crippen LogP contribution in [0.5, 0.6) is 0 Å². The topological polar surface area (TPSA) is 114 Å². The first kappa shape index (κ1) is 28.3. The third-order valence-corrected chi connectivity index (χ3v) is 6.39. The Bertz CT molecular complexity index is 1510. The average molecular weight is 567 g/mol. The molecule has 4 aromatic rings. The molecule has 212 valence electrons. The van der Waals surface area contributed by atoms with E-state index in [1.165, 1.54) is 0 Å². The van der Waals surface area contributed by atoms with E-state index >= 15 is 0 Å². The van der Waals surface area contributed by atoms with Gasteiger partial charge in [-0.1, -0.05) is 72.8 Å². The molecule has 9 nitrogen and oxygen atoms in total. The fourth-order valence-electron chi connectivity index (χ4n) is 4.28. The summed E-state index contributed by atoms with van der Waals surface area (Å²) in [6.07, 6.45) is -5.33. The molecular formula is C33H26O9. The van der Waals surface area contributed by atoms with Gasteiger partial charge in [0, 0.05) is 0 Å². The van der Waals surface area contributed by atoms with E-state index in [2.05, 4.69) is 0 Å². The van der Waals surface area contributed by atoms with Gasteiger partial charge in [-0.3, -0.25) is 0 Å². The van der Waals surface area contributed by atoms with E-state index in [0.717, 1.165) is 0 Å². The van der Waals surface area contributed by atoms with Crippen LogP contribution in [0.25, 0.3) is 0 Å². The number of hydrogen-bond acceptors (Lipinski definition) is 9.